The average Bonchev–Trinajstić information content (AvgIpc) is 2.82. The second-order valence-corrected chi connectivity index (χ2v) is 7.11. The number of carbonyl (C=O) groups is 2. The van der Waals surface area contributed by atoms with E-state index in [0.29, 0.717) is 24.5 Å². The maximum atomic E-state index is 12.7. The van der Waals surface area contributed by atoms with Gasteiger partial charge < -0.3 is 29.2 Å². The van der Waals surface area contributed by atoms with Gasteiger partial charge in [0.15, 0.2) is 0 Å². The molecule has 8 heteroatoms. The quantitative estimate of drug-likeness (QED) is 0.647. The first-order chi connectivity index (χ1) is 15.0. The first-order valence-electron chi connectivity index (χ1n) is 10.1. The zero-order valence-corrected chi connectivity index (χ0v) is 18.1. The molecule has 1 fully saturated rings. The van der Waals surface area contributed by atoms with E-state index in [4.69, 9.17) is 18.9 Å². The number of hydrogen-bond donors (Lipinski definition) is 1. The van der Waals surface area contributed by atoms with E-state index >= 15 is 0 Å². The van der Waals surface area contributed by atoms with Crippen LogP contribution in [0.1, 0.15) is 22.8 Å². The molecule has 2 aromatic carbocycles. The molecule has 1 N–H and O–H groups in total. The summed E-state index contributed by atoms with van der Waals surface area (Å²) in [5, 5.41) is 2.78. The number of amides is 1. The van der Waals surface area contributed by atoms with Crippen molar-refractivity contribution in [3.05, 3.63) is 53.6 Å². The lowest BCUT2D eigenvalue weighted by atomic mass is 10.1. The summed E-state index contributed by atoms with van der Waals surface area (Å²) in [6, 6.07) is 12.8. The molecular weight excluding hydrogens is 400 g/mol. The monoisotopic (exact) mass is 428 g/mol. The Morgan fingerprint density at radius 1 is 1.13 bits per heavy atom. The molecule has 31 heavy (non-hydrogen) atoms. The van der Waals surface area contributed by atoms with Crippen LogP contribution in [0.2, 0.25) is 0 Å². The largest absolute Gasteiger partial charge is 0.497 e. The van der Waals surface area contributed by atoms with Crippen LogP contribution in [0, 0.1) is 0 Å². The van der Waals surface area contributed by atoms with E-state index in [2.05, 4.69) is 10.2 Å². The van der Waals surface area contributed by atoms with Crippen molar-refractivity contribution in [2.45, 2.75) is 19.6 Å². The minimum Gasteiger partial charge on any atom is -0.497 e. The highest BCUT2D eigenvalue weighted by molar-refractivity contribution is 6.03. The Balaban J connectivity index is 1.67. The summed E-state index contributed by atoms with van der Waals surface area (Å²) in [6.45, 7) is 4.66. The minimum absolute atomic E-state index is 0.256. The number of hydrogen-bond acceptors (Lipinski definition) is 7. The topological polar surface area (TPSA) is 86.3 Å². The summed E-state index contributed by atoms with van der Waals surface area (Å²) in [5.41, 5.74) is 2.44. The number of rotatable bonds is 8. The number of anilines is 2. The van der Waals surface area contributed by atoms with Crippen molar-refractivity contribution in [3.8, 4) is 5.75 Å². The number of carbonyl (C=O) groups excluding carboxylic acids is 2. The second-order valence-electron chi connectivity index (χ2n) is 7.11. The highest BCUT2D eigenvalue weighted by Crippen LogP contribution is 2.25. The SMILES string of the molecule is COC(=O)c1cc(N2CCOCC2)ccc1NC(=O)C(C)OCc1cccc(OC)c1. The molecular formula is C23H28N2O6. The van der Waals surface area contributed by atoms with Gasteiger partial charge in [-0.3, -0.25) is 4.79 Å². The van der Waals surface area contributed by atoms with Crippen LogP contribution in [0.4, 0.5) is 11.4 Å². The number of nitrogens with one attached hydrogen (secondary N) is 1. The van der Waals surface area contributed by atoms with E-state index in [1.165, 1.54) is 7.11 Å². The van der Waals surface area contributed by atoms with Gasteiger partial charge in [0, 0.05) is 18.8 Å². The highest BCUT2D eigenvalue weighted by Gasteiger charge is 2.21. The van der Waals surface area contributed by atoms with Crippen molar-refractivity contribution in [2.24, 2.45) is 0 Å². The molecule has 1 unspecified atom stereocenters. The lowest BCUT2D eigenvalue weighted by Crippen LogP contribution is -2.36. The van der Waals surface area contributed by atoms with E-state index in [1.54, 1.807) is 26.2 Å². The van der Waals surface area contributed by atoms with Crippen LogP contribution < -0.4 is 15.0 Å². The van der Waals surface area contributed by atoms with E-state index in [9.17, 15) is 9.59 Å². The smallest absolute Gasteiger partial charge is 0.340 e. The molecule has 1 aliphatic rings. The van der Waals surface area contributed by atoms with Gasteiger partial charge >= 0.3 is 5.97 Å². The van der Waals surface area contributed by atoms with Crippen LogP contribution in [0.15, 0.2) is 42.5 Å². The summed E-state index contributed by atoms with van der Waals surface area (Å²) in [4.78, 5) is 27.1. The number of nitrogens with zero attached hydrogens (tertiary/aromatic N) is 1. The van der Waals surface area contributed by atoms with E-state index in [-0.39, 0.29) is 12.5 Å². The van der Waals surface area contributed by atoms with Gasteiger partial charge in [0.25, 0.3) is 5.91 Å². The van der Waals surface area contributed by atoms with Crippen molar-refractivity contribution >= 4 is 23.3 Å². The molecule has 1 heterocycles. The van der Waals surface area contributed by atoms with Crippen LogP contribution >= 0.6 is 0 Å². The Bertz CT molecular complexity index is 911. The summed E-state index contributed by atoms with van der Waals surface area (Å²) in [7, 11) is 2.91. The number of benzene rings is 2. The molecule has 1 atom stereocenters. The molecule has 0 radical (unpaired) electrons. The molecule has 3 rings (SSSR count). The van der Waals surface area contributed by atoms with Crippen molar-refractivity contribution in [2.75, 3.05) is 50.7 Å². The Morgan fingerprint density at radius 2 is 1.90 bits per heavy atom. The Morgan fingerprint density at radius 3 is 2.61 bits per heavy atom. The Labute approximate surface area is 182 Å². The molecule has 0 spiro atoms. The number of methoxy groups -OCH3 is 2. The van der Waals surface area contributed by atoms with Gasteiger partial charge in [0.05, 0.1) is 45.3 Å². The third kappa shape index (κ3) is 5.96. The molecule has 166 valence electrons. The van der Waals surface area contributed by atoms with Gasteiger partial charge in [-0.25, -0.2) is 4.79 Å². The summed E-state index contributed by atoms with van der Waals surface area (Å²) in [6.07, 6.45) is -0.726. The predicted octanol–water partition coefficient (Wildman–Crippen LogP) is 2.86. The van der Waals surface area contributed by atoms with Crippen LogP contribution in [0.25, 0.3) is 0 Å². The number of morpholine rings is 1. The van der Waals surface area contributed by atoms with Crippen molar-refractivity contribution in [1.82, 2.24) is 0 Å². The first kappa shape index (κ1) is 22.6. The predicted molar refractivity (Wildman–Crippen MR) is 117 cm³/mol. The lowest BCUT2D eigenvalue weighted by molar-refractivity contribution is -0.127. The fourth-order valence-corrected chi connectivity index (χ4v) is 3.23. The third-order valence-corrected chi connectivity index (χ3v) is 5.05. The Kier molecular flexibility index (Phi) is 7.86. The molecule has 1 saturated heterocycles. The highest BCUT2D eigenvalue weighted by atomic mass is 16.5. The van der Waals surface area contributed by atoms with Crippen LogP contribution in [-0.4, -0.2) is 58.5 Å². The third-order valence-electron chi connectivity index (χ3n) is 5.05. The van der Waals surface area contributed by atoms with Crippen molar-refractivity contribution in [1.29, 1.82) is 0 Å². The molecule has 0 aliphatic carbocycles. The lowest BCUT2D eigenvalue weighted by Gasteiger charge is -2.29. The van der Waals surface area contributed by atoms with Gasteiger partial charge in [-0.15, -0.1) is 0 Å². The van der Waals surface area contributed by atoms with Gasteiger partial charge in [-0.05, 0) is 42.8 Å². The molecule has 0 bridgehead atoms. The standard InChI is InChI=1S/C23H28N2O6/c1-16(31-15-17-5-4-6-19(13-17)28-2)22(26)24-21-8-7-18(14-20(21)23(27)29-3)25-9-11-30-12-10-25/h4-8,13-14,16H,9-12,15H2,1-3H3,(H,24,26). The van der Waals surface area contributed by atoms with Crippen LogP contribution in [-0.2, 0) is 25.6 Å². The molecule has 0 saturated carbocycles. The Hall–Kier alpha value is -3.10. The van der Waals surface area contributed by atoms with E-state index < -0.39 is 12.1 Å². The summed E-state index contributed by atoms with van der Waals surface area (Å²) < 4.78 is 21.2. The number of ether oxygens (including phenoxy) is 4. The molecule has 2 aromatic rings. The van der Waals surface area contributed by atoms with Crippen LogP contribution in [0.3, 0.4) is 0 Å². The van der Waals surface area contributed by atoms with Crippen LogP contribution in [0.5, 0.6) is 5.75 Å². The van der Waals surface area contributed by atoms with Gasteiger partial charge in [0.1, 0.15) is 11.9 Å². The zero-order valence-electron chi connectivity index (χ0n) is 18.1. The van der Waals surface area contributed by atoms with Gasteiger partial charge in [-0.1, -0.05) is 12.1 Å². The number of esters is 1. The van der Waals surface area contributed by atoms with Crippen molar-refractivity contribution in [3.63, 3.8) is 0 Å². The molecule has 0 aromatic heterocycles. The fourth-order valence-electron chi connectivity index (χ4n) is 3.23. The molecule has 1 aliphatic heterocycles. The van der Waals surface area contributed by atoms with E-state index in [1.807, 2.05) is 30.3 Å². The summed E-state index contributed by atoms with van der Waals surface area (Å²) >= 11 is 0. The van der Waals surface area contributed by atoms with Gasteiger partial charge in [-0.2, -0.15) is 0 Å². The average molecular weight is 428 g/mol. The zero-order chi connectivity index (χ0) is 22.2. The second kappa shape index (κ2) is 10.8. The fraction of sp³-hybridized carbons (Fsp3) is 0.391. The maximum absolute atomic E-state index is 12.7. The normalized spacial score (nSPS) is 14.6. The van der Waals surface area contributed by atoms with E-state index in [0.717, 1.165) is 30.1 Å². The van der Waals surface area contributed by atoms with Crippen molar-refractivity contribution < 1.29 is 28.5 Å². The molecule has 8 nitrogen and oxygen atoms in total. The van der Waals surface area contributed by atoms with Gasteiger partial charge in [0.2, 0.25) is 0 Å². The summed E-state index contributed by atoms with van der Waals surface area (Å²) in [5.74, 6) is -0.149. The molecule has 1 amide bonds. The first-order valence-corrected chi connectivity index (χ1v) is 10.1. The maximum Gasteiger partial charge on any atom is 0.340 e. The minimum atomic E-state index is -0.726.